The number of piperazine rings is 1. The molecule has 1 aromatic heterocycles. The van der Waals surface area contributed by atoms with E-state index in [0.717, 1.165) is 49.3 Å². The van der Waals surface area contributed by atoms with Crippen molar-refractivity contribution in [1.29, 1.82) is 0 Å². The third-order valence-corrected chi connectivity index (χ3v) is 5.54. The fourth-order valence-corrected chi connectivity index (χ4v) is 3.82. The topological polar surface area (TPSA) is 49.6 Å². The van der Waals surface area contributed by atoms with Crippen molar-refractivity contribution in [2.75, 3.05) is 26.7 Å². The van der Waals surface area contributed by atoms with Crippen LogP contribution in [0.2, 0.25) is 0 Å². The van der Waals surface area contributed by atoms with Gasteiger partial charge in [-0.2, -0.15) is 0 Å². The second-order valence-electron chi connectivity index (χ2n) is 7.55. The Morgan fingerprint density at radius 3 is 2.79 bits per heavy atom. The summed E-state index contributed by atoms with van der Waals surface area (Å²) in [7, 11) is 2.12. The minimum atomic E-state index is 0.0639. The Kier molecular flexibility index (Phi) is 5.44. The van der Waals surface area contributed by atoms with Crippen molar-refractivity contribution < 1.29 is 9.21 Å². The molecular formula is C23H27N3O2. The number of unbranched alkanes of at least 4 members (excludes halogenated alkanes) is 1. The molecule has 3 aromatic rings. The molecule has 1 aliphatic heterocycles. The zero-order chi connectivity index (χ0) is 19.5. The van der Waals surface area contributed by atoms with Gasteiger partial charge in [0.25, 0.3) is 5.91 Å². The molecule has 0 aliphatic carbocycles. The number of nitrogens with zero attached hydrogens (tertiary/aromatic N) is 3. The number of hydrogen-bond acceptors (Lipinski definition) is 4. The number of benzene rings is 2. The van der Waals surface area contributed by atoms with Crippen molar-refractivity contribution >= 4 is 17.0 Å². The van der Waals surface area contributed by atoms with Crippen LogP contribution in [0, 0.1) is 0 Å². The minimum Gasteiger partial charge on any atom is -0.441 e. The normalized spacial score (nSPS) is 17.9. The fraction of sp³-hybridized carbons (Fsp3) is 0.391. The van der Waals surface area contributed by atoms with Gasteiger partial charge in [0.2, 0.25) is 0 Å². The Morgan fingerprint density at radius 1 is 1.18 bits per heavy atom. The third-order valence-electron chi connectivity index (χ3n) is 5.54. The maximum Gasteiger partial charge on any atom is 0.254 e. The highest BCUT2D eigenvalue weighted by Gasteiger charge is 2.29. The van der Waals surface area contributed by atoms with E-state index in [-0.39, 0.29) is 11.9 Å². The third kappa shape index (κ3) is 3.80. The lowest BCUT2D eigenvalue weighted by molar-refractivity contribution is 0.0546. The molecule has 2 aromatic carbocycles. The van der Waals surface area contributed by atoms with Gasteiger partial charge in [-0.3, -0.25) is 9.69 Å². The molecule has 1 atom stereocenters. The summed E-state index contributed by atoms with van der Waals surface area (Å²) in [5, 5.41) is 0. The van der Waals surface area contributed by atoms with Gasteiger partial charge in [0.15, 0.2) is 11.5 Å². The van der Waals surface area contributed by atoms with E-state index in [0.29, 0.717) is 12.1 Å². The Balaban J connectivity index is 1.53. The molecule has 1 saturated heterocycles. The molecule has 0 spiro atoms. The fourth-order valence-electron chi connectivity index (χ4n) is 3.82. The summed E-state index contributed by atoms with van der Waals surface area (Å²) in [5.74, 6) is 0.819. The molecule has 1 aliphatic rings. The second-order valence-corrected chi connectivity index (χ2v) is 7.55. The lowest BCUT2D eigenvalue weighted by Crippen LogP contribution is -2.49. The van der Waals surface area contributed by atoms with Gasteiger partial charge in [-0.1, -0.05) is 43.7 Å². The van der Waals surface area contributed by atoms with Gasteiger partial charge in [0.1, 0.15) is 5.52 Å². The van der Waals surface area contributed by atoms with E-state index in [1.54, 1.807) is 0 Å². The molecule has 0 radical (unpaired) electrons. The number of aromatic nitrogens is 1. The highest BCUT2D eigenvalue weighted by atomic mass is 16.3. The highest BCUT2D eigenvalue weighted by Crippen LogP contribution is 2.26. The molecule has 28 heavy (non-hydrogen) atoms. The Morgan fingerprint density at radius 2 is 2.00 bits per heavy atom. The van der Waals surface area contributed by atoms with Crippen LogP contribution in [0.3, 0.4) is 0 Å². The first-order chi connectivity index (χ1) is 13.7. The van der Waals surface area contributed by atoms with Crippen LogP contribution in [-0.4, -0.2) is 47.4 Å². The summed E-state index contributed by atoms with van der Waals surface area (Å²) in [6.45, 7) is 4.44. The molecule has 0 saturated carbocycles. The van der Waals surface area contributed by atoms with E-state index < -0.39 is 0 Å². The lowest BCUT2D eigenvalue weighted by atomic mass is 10.0. The number of fused-ring (bicyclic) bond motifs is 1. The van der Waals surface area contributed by atoms with E-state index >= 15 is 0 Å². The van der Waals surface area contributed by atoms with Crippen LogP contribution >= 0.6 is 0 Å². The van der Waals surface area contributed by atoms with Gasteiger partial charge in [-0.25, -0.2) is 4.98 Å². The average Bonchev–Trinajstić information content (AvgIpc) is 3.14. The van der Waals surface area contributed by atoms with E-state index in [9.17, 15) is 4.79 Å². The predicted octanol–water partition coefficient (Wildman–Crippen LogP) is 4.30. The van der Waals surface area contributed by atoms with Gasteiger partial charge < -0.3 is 9.32 Å². The van der Waals surface area contributed by atoms with Crippen molar-refractivity contribution in [3.63, 3.8) is 0 Å². The Bertz CT molecular complexity index is 951. The average molecular weight is 377 g/mol. The monoisotopic (exact) mass is 377 g/mol. The molecule has 0 N–H and O–H groups in total. The molecule has 146 valence electrons. The minimum absolute atomic E-state index is 0.0639. The molecular weight excluding hydrogens is 350 g/mol. The van der Waals surface area contributed by atoms with Crippen LogP contribution < -0.4 is 0 Å². The standard InChI is InChI=1S/C23H27N3O2/c1-3-4-10-22-24-19-15-18(11-12-21(19)28-22)23(27)26-14-13-25(2)20(16-26)17-8-6-5-7-9-17/h5-9,11-12,15,20H,3-4,10,13-14,16H2,1-2H3. The summed E-state index contributed by atoms with van der Waals surface area (Å²) in [5.41, 5.74) is 3.45. The number of likely N-dealkylation sites (N-methyl/N-ethyl adjacent to an activating group) is 1. The Labute approximate surface area is 166 Å². The van der Waals surface area contributed by atoms with Gasteiger partial charge in [-0.15, -0.1) is 0 Å². The predicted molar refractivity (Wildman–Crippen MR) is 110 cm³/mol. The van der Waals surface area contributed by atoms with Crippen molar-refractivity contribution in [2.24, 2.45) is 0 Å². The number of aryl methyl sites for hydroxylation is 1. The molecule has 4 rings (SSSR count). The quantitative estimate of drug-likeness (QED) is 0.665. The smallest absolute Gasteiger partial charge is 0.254 e. The maximum atomic E-state index is 13.2. The lowest BCUT2D eigenvalue weighted by Gasteiger charge is -2.39. The van der Waals surface area contributed by atoms with Gasteiger partial charge in [0.05, 0.1) is 6.04 Å². The first-order valence-electron chi connectivity index (χ1n) is 10.1. The van der Waals surface area contributed by atoms with Crippen molar-refractivity contribution in [2.45, 2.75) is 32.2 Å². The van der Waals surface area contributed by atoms with Crippen LogP contribution in [-0.2, 0) is 6.42 Å². The molecule has 5 heteroatoms. The number of carbonyl (C=O) groups excluding carboxylic acids is 1. The number of carbonyl (C=O) groups is 1. The molecule has 1 unspecified atom stereocenters. The van der Waals surface area contributed by atoms with Crippen LogP contribution in [0.15, 0.2) is 52.9 Å². The number of rotatable bonds is 5. The van der Waals surface area contributed by atoms with Crippen molar-refractivity contribution in [3.05, 3.63) is 65.5 Å². The summed E-state index contributed by atoms with van der Waals surface area (Å²) in [6, 6.07) is 16.2. The van der Waals surface area contributed by atoms with Gasteiger partial charge >= 0.3 is 0 Å². The van der Waals surface area contributed by atoms with Gasteiger partial charge in [-0.05, 0) is 37.2 Å². The van der Waals surface area contributed by atoms with Crippen LogP contribution in [0.1, 0.15) is 47.6 Å². The summed E-state index contributed by atoms with van der Waals surface area (Å²) < 4.78 is 5.80. The maximum absolute atomic E-state index is 13.2. The number of amides is 1. The van der Waals surface area contributed by atoms with E-state index in [4.69, 9.17) is 4.42 Å². The summed E-state index contributed by atoms with van der Waals surface area (Å²) in [4.78, 5) is 22.0. The molecule has 5 nitrogen and oxygen atoms in total. The Hall–Kier alpha value is -2.66. The SMILES string of the molecule is CCCCc1nc2cc(C(=O)N3CCN(C)C(c4ccccc4)C3)ccc2o1. The number of hydrogen-bond donors (Lipinski definition) is 0. The van der Waals surface area contributed by atoms with Gasteiger partial charge in [0, 0.05) is 31.6 Å². The van der Waals surface area contributed by atoms with E-state index in [1.807, 2.05) is 29.2 Å². The van der Waals surface area contributed by atoms with Crippen LogP contribution in [0.4, 0.5) is 0 Å². The second kappa shape index (κ2) is 8.15. The summed E-state index contributed by atoms with van der Waals surface area (Å²) >= 11 is 0. The molecule has 1 amide bonds. The zero-order valence-corrected chi connectivity index (χ0v) is 16.6. The van der Waals surface area contributed by atoms with E-state index in [2.05, 4.69) is 48.1 Å². The van der Waals surface area contributed by atoms with Crippen LogP contribution in [0.5, 0.6) is 0 Å². The van der Waals surface area contributed by atoms with E-state index in [1.165, 1.54) is 5.56 Å². The molecule has 2 heterocycles. The highest BCUT2D eigenvalue weighted by molar-refractivity contribution is 5.97. The largest absolute Gasteiger partial charge is 0.441 e. The number of oxazole rings is 1. The molecule has 0 bridgehead atoms. The first kappa shape index (κ1) is 18.7. The first-order valence-corrected chi connectivity index (χ1v) is 10.1. The summed E-state index contributed by atoms with van der Waals surface area (Å²) in [6.07, 6.45) is 3.00. The van der Waals surface area contributed by atoms with Crippen molar-refractivity contribution in [3.8, 4) is 0 Å². The van der Waals surface area contributed by atoms with Crippen LogP contribution in [0.25, 0.3) is 11.1 Å². The zero-order valence-electron chi connectivity index (χ0n) is 16.6. The van der Waals surface area contributed by atoms with Crippen molar-refractivity contribution in [1.82, 2.24) is 14.8 Å². The molecule has 1 fully saturated rings.